The first-order valence-electron chi connectivity index (χ1n) is 16.9. The molecule has 7 rings (SSSR count). The Hall–Kier alpha value is -3.43. The number of hydrogen-bond donors (Lipinski definition) is 0. The van der Waals surface area contributed by atoms with Crippen molar-refractivity contribution in [3.63, 3.8) is 0 Å². The fourth-order valence-corrected chi connectivity index (χ4v) is 8.69. The van der Waals surface area contributed by atoms with Crippen molar-refractivity contribution in [2.24, 2.45) is 17.9 Å². The summed E-state index contributed by atoms with van der Waals surface area (Å²) in [7, 11) is 0.393. The molecule has 43 heavy (non-hydrogen) atoms. The molecule has 0 spiro atoms. The van der Waals surface area contributed by atoms with Gasteiger partial charge in [-0.15, -0.1) is 0 Å². The molecule has 0 radical (unpaired) electrons. The van der Waals surface area contributed by atoms with E-state index in [1.165, 1.54) is 65.4 Å². The van der Waals surface area contributed by atoms with Gasteiger partial charge in [-0.3, -0.25) is 0 Å². The molecule has 0 fully saturated rings. The van der Waals surface area contributed by atoms with Gasteiger partial charge >= 0.3 is 0 Å². The summed E-state index contributed by atoms with van der Waals surface area (Å²) in [4.78, 5) is 0. The summed E-state index contributed by atoms with van der Waals surface area (Å²) in [6.45, 7) is 23.5. The van der Waals surface area contributed by atoms with Crippen molar-refractivity contribution in [2.45, 2.75) is 80.9 Å². The van der Waals surface area contributed by atoms with Crippen molar-refractivity contribution < 1.29 is 7.31 Å². The van der Waals surface area contributed by atoms with Crippen molar-refractivity contribution >= 4 is 73.0 Å². The van der Waals surface area contributed by atoms with E-state index in [4.69, 9.17) is 2.74 Å². The van der Waals surface area contributed by atoms with Crippen LogP contribution in [0, 0.1) is 17.8 Å². The van der Waals surface area contributed by atoms with Crippen LogP contribution in [0.15, 0.2) is 60.7 Å². The quantitative estimate of drug-likeness (QED) is 0.0844. The molecule has 0 aliphatic carbocycles. The first-order chi connectivity index (χ1) is 20.9. The number of fused-ring (bicyclic) bond motifs is 7. The lowest BCUT2D eigenvalue weighted by Crippen LogP contribution is -2.37. The predicted molar refractivity (Wildman–Crippen MR) is 191 cm³/mol. The zero-order valence-corrected chi connectivity index (χ0v) is 28.9. The normalized spacial score (nSPS) is 14.3. The summed E-state index contributed by atoms with van der Waals surface area (Å²) in [5.41, 5.74) is 9.02. The second-order valence-electron chi connectivity index (χ2n) is 16.5. The van der Waals surface area contributed by atoms with Gasteiger partial charge in [-0.05, 0) is 69.5 Å². The minimum Gasteiger partial charge on any atom is -0.307 e. The molecule has 2 nitrogen and oxygen atoms in total. The molecule has 3 heterocycles. The van der Waals surface area contributed by atoms with Crippen LogP contribution in [0.3, 0.4) is 0 Å². The number of benzene rings is 4. The van der Waals surface area contributed by atoms with Crippen LogP contribution in [0.1, 0.15) is 61.0 Å². The summed E-state index contributed by atoms with van der Waals surface area (Å²) in [5, 5.41) is 9.75. The molecule has 0 unspecified atom stereocenters. The smallest absolute Gasteiger partial charge is 0.224 e. The largest absolute Gasteiger partial charge is 0.307 e. The Kier molecular flexibility index (Phi) is 5.47. The van der Waals surface area contributed by atoms with Crippen molar-refractivity contribution in [1.29, 1.82) is 0 Å². The van der Waals surface area contributed by atoms with Gasteiger partial charge < -0.3 is 4.40 Å². The molecule has 7 aromatic rings. The fourth-order valence-electron chi connectivity index (χ4n) is 7.53. The molecule has 0 N–H and O–H groups in total. The van der Waals surface area contributed by atoms with E-state index in [-0.39, 0.29) is 17.0 Å². The number of pyridine rings is 2. The zero-order chi connectivity index (χ0) is 32.5. The van der Waals surface area contributed by atoms with Crippen molar-refractivity contribution in [1.82, 2.24) is 4.40 Å². The van der Waals surface area contributed by atoms with Crippen molar-refractivity contribution in [3.8, 4) is 0 Å². The number of hydrogen-bond acceptors (Lipinski definition) is 0. The Balaban J connectivity index is 1.85. The predicted octanol–water partition coefficient (Wildman–Crippen LogP) is 10.00. The third-order valence-electron chi connectivity index (χ3n) is 9.34. The summed E-state index contributed by atoms with van der Waals surface area (Å²) in [5.74, 6) is 0. The highest BCUT2D eigenvalue weighted by Crippen LogP contribution is 2.45. The Morgan fingerprint density at radius 3 is 2.12 bits per heavy atom. The van der Waals surface area contributed by atoms with E-state index in [0.717, 1.165) is 29.1 Å². The Bertz CT molecular complexity index is 2360. The highest BCUT2D eigenvalue weighted by atomic mass is 28.3. The van der Waals surface area contributed by atoms with Gasteiger partial charge in [-0.1, -0.05) is 109 Å². The number of aromatic nitrogens is 2. The van der Waals surface area contributed by atoms with Crippen LogP contribution in [-0.2, 0) is 19.9 Å². The van der Waals surface area contributed by atoms with Gasteiger partial charge in [-0.2, -0.15) is 0 Å². The number of aryl methyl sites for hydroxylation is 2. The van der Waals surface area contributed by atoms with E-state index >= 15 is 0 Å². The van der Waals surface area contributed by atoms with Gasteiger partial charge in [0, 0.05) is 16.8 Å². The Morgan fingerprint density at radius 1 is 0.767 bits per heavy atom. The summed E-state index contributed by atoms with van der Waals surface area (Å²) >= 11 is 0. The Morgan fingerprint density at radius 2 is 1.44 bits per heavy atom. The Labute approximate surface area is 260 Å². The monoisotopic (exact) mass is 585 g/mol. The second-order valence-corrected chi connectivity index (χ2v) is 21.6. The third-order valence-corrected chi connectivity index (χ3v) is 11.4. The topological polar surface area (TPSA) is 8.29 Å². The molecule has 3 aromatic heterocycles. The molecule has 0 bridgehead atoms. The van der Waals surface area contributed by atoms with Crippen LogP contribution in [0.4, 0.5) is 0 Å². The average molecular weight is 586 g/mol. The highest BCUT2D eigenvalue weighted by Gasteiger charge is 2.29. The molecule has 0 saturated heterocycles. The summed E-state index contributed by atoms with van der Waals surface area (Å²) in [6.07, 6.45) is 2.20. The SMILES string of the molecule is [2H]c1c([2H])[n+](C)c2c3c(C)c4cc(CC(C)(C)C)ccc4c(CC(C)(C)C)c3n3c4cc([Si](C)(C)C)ccc4c4ccc1c2c43. The third kappa shape index (κ3) is 4.38. The maximum atomic E-state index is 9.08. The maximum Gasteiger partial charge on any atom is 0.224 e. The first-order valence-corrected chi connectivity index (χ1v) is 19.4. The standard InChI is InChI=1S/C40H47N2Si/c1-24-31-20-25(22-39(2,3)4)12-15-28(31)32(23-40(5,6)7)37-34(24)38-35-26(18-19-41(38)8)13-16-30-29-17-14-27(43(9,10)11)21-33(29)42(37)36(30)35/h12-21H,22-23H2,1-11H3/q+1/i18D,19D. The van der Waals surface area contributed by atoms with E-state index in [2.05, 4.69) is 121 Å². The van der Waals surface area contributed by atoms with Gasteiger partial charge in [0.1, 0.15) is 8.42 Å². The van der Waals surface area contributed by atoms with Gasteiger partial charge in [0.15, 0.2) is 6.17 Å². The molecule has 4 aromatic carbocycles. The minimum atomic E-state index is -1.60. The maximum absolute atomic E-state index is 9.08. The molecule has 220 valence electrons. The first kappa shape index (κ1) is 26.0. The lowest BCUT2D eigenvalue weighted by Gasteiger charge is -2.25. The van der Waals surface area contributed by atoms with Crippen LogP contribution in [0.25, 0.3) is 59.8 Å². The van der Waals surface area contributed by atoms with Gasteiger partial charge in [0.25, 0.3) is 0 Å². The zero-order valence-electron chi connectivity index (χ0n) is 29.9. The van der Waals surface area contributed by atoms with Crippen LogP contribution >= 0.6 is 0 Å². The van der Waals surface area contributed by atoms with E-state index < -0.39 is 8.07 Å². The van der Waals surface area contributed by atoms with Crippen molar-refractivity contribution in [3.05, 3.63) is 77.4 Å². The number of rotatable bonds is 3. The average Bonchev–Trinajstić information content (AvgIpc) is 3.26. The lowest BCUT2D eigenvalue weighted by atomic mass is 9.81. The number of nitrogens with zero attached hydrogens (tertiary/aromatic N) is 2. The fraction of sp³-hybridized carbons (Fsp3) is 0.375. The second kappa shape index (κ2) is 9.05. The lowest BCUT2D eigenvalue weighted by molar-refractivity contribution is -0.643. The van der Waals surface area contributed by atoms with Crippen LogP contribution in [0.5, 0.6) is 0 Å². The molecule has 0 atom stereocenters. The van der Waals surface area contributed by atoms with Gasteiger partial charge in [0.2, 0.25) is 5.52 Å². The van der Waals surface area contributed by atoms with Crippen LogP contribution in [-0.4, -0.2) is 12.5 Å². The molecule has 0 saturated carbocycles. The highest BCUT2D eigenvalue weighted by molar-refractivity contribution is 6.88. The van der Waals surface area contributed by atoms with E-state index in [0.29, 0.717) is 6.04 Å². The minimum absolute atomic E-state index is 0.0612. The van der Waals surface area contributed by atoms with E-state index in [1.807, 2.05) is 11.6 Å². The molecular formula is C40H47N2Si+. The molecule has 0 aliphatic rings. The van der Waals surface area contributed by atoms with Crippen LogP contribution < -0.4 is 9.75 Å². The molecule has 3 heteroatoms. The molecule has 0 amide bonds. The van der Waals surface area contributed by atoms with Gasteiger partial charge in [0.05, 0.1) is 36.8 Å². The summed E-state index contributed by atoms with van der Waals surface area (Å²) < 4.78 is 22.7. The molecule has 0 aliphatic heterocycles. The van der Waals surface area contributed by atoms with Crippen LogP contribution in [0.2, 0.25) is 19.6 Å². The summed E-state index contributed by atoms with van der Waals surface area (Å²) in [6, 6.07) is 18.9. The van der Waals surface area contributed by atoms with Gasteiger partial charge in [-0.25, -0.2) is 4.57 Å². The van der Waals surface area contributed by atoms with Crippen molar-refractivity contribution in [2.75, 3.05) is 0 Å². The van der Waals surface area contributed by atoms with E-state index in [9.17, 15) is 0 Å². The van der Waals surface area contributed by atoms with E-state index in [1.54, 1.807) is 0 Å². The molecular weight excluding hydrogens is 537 g/mol.